The summed E-state index contributed by atoms with van der Waals surface area (Å²) in [6.45, 7) is 1.75. The van der Waals surface area contributed by atoms with Crippen molar-refractivity contribution in [1.29, 1.82) is 0 Å². The van der Waals surface area contributed by atoms with Gasteiger partial charge in [-0.15, -0.1) is 5.10 Å². The van der Waals surface area contributed by atoms with Crippen LogP contribution in [0.25, 0.3) is 0 Å². The van der Waals surface area contributed by atoms with Crippen LogP contribution in [0.5, 0.6) is 5.88 Å². The maximum absolute atomic E-state index is 12.3. The topological polar surface area (TPSA) is 67.4 Å². The molecular weight excluding hydrogens is 328 g/mol. The number of aromatic nitrogens is 2. The van der Waals surface area contributed by atoms with Gasteiger partial charge >= 0.3 is 6.03 Å². The Hall–Kier alpha value is -2.34. The summed E-state index contributed by atoms with van der Waals surface area (Å²) in [5, 5.41) is 11.3. The van der Waals surface area contributed by atoms with E-state index in [-0.39, 0.29) is 12.1 Å². The molecule has 2 aromatic rings. The Balaban J connectivity index is 1.50. The monoisotopic (exact) mass is 346 g/mol. The first-order valence-corrected chi connectivity index (χ1v) is 8.30. The Bertz CT molecular complexity index is 666. The van der Waals surface area contributed by atoms with Gasteiger partial charge < -0.3 is 15.0 Å². The average Bonchev–Trinajstić information content (AvgIpc) is 2.62. The van der Waals surface area contributed by atoms with Crippen molar-refractivity contribution in [3.63, 3.8) is 0 Å². The highest BCUT2D eigenvalue weighted by atomic mass is 35.5. The summed E-state index contributed by atoms with van der Waals surface area (Å²) in [5.74, 6) is 0.492. The smallest absolute Gasteiger partial charge is 0.317 e. The van der Waals surface area contributed by atoms with Crippen LogP contribution in [0.1, 0.15) is 18.4 Å². The highest BCUT2D eigenvalue weighted by Crippen LogP contribution is 2.16. The van der Waals surface area contributed by atoms with Crippen molar-refractivity contribution in [2.75, 3.05) is 13.1 Å². The van der Waals surface area contributed by atoms with Crippen LogP contribution < -0.4 is 10.1 Å². The van der Waals surface area contributed by atoms with Crippen molar-refractivity contribution in [2.45, 2.75) is 25.5 Å². The number of benzene rings is 1. The van der Waals surface area contributed by atoms with Gasteiger partial charge in [-0.05, 0) is 36.6 Å². The minimum atomic E-state index is -0.0857. The molecule has 0 unspecified atom stereocenters. The molecule has 1 saturated heterocycles. The fraction of sp³-hybridized carbons (Fsp3) is 0.353. The molecule has 1 fully saturated rings. The predicted molar refractivity (Wildman–Crippen MR) is 90.9 cm³/mol. The van der Waals surface area contributed by atoms with E-state index >= 15 is 0 Å². The third-order valence-electron chi connectivity index (χ3n) is 3.86. The van der Waals surface area contributed by atoms with E-state index in [1.165, 1.54) is 0 Å². The van der Waals surface area contributed by atoms with Crippen molar-refractivity contribution < 1.29 is 9.53 Å². The van der Waals surface area contributed by atoms with Gasteiger partial charge in [0.1, 0.15) is 6.10 Å². The Morgan fingerprint density at radius 3 is 2.92 bits per heavy atom. The van der Waals surface area contributed by atoms with E-state index < -0.39 is 0 Å². The number of ether oxygens (including phenoxy) is 1. The van der Waals surface area contributed by atoms with Crippen LogP contribution in [-0.2, 0) is 6.54 Å². The molecule has 1 atom stereocenters. The summed E-state index contributed by atoms with van der Waals surface area (Å²) in [6, 6.07) is 10.9. The Labute approximate surface area is 145 Å². The molecule has 1 aromatic heterocycles. The van der Waals surface area contributed by atoms with Gasteiger partial charge in [-0.3, -0.25) is 0 Å². The molecule has 0 spiro atoms. The zero-order valence-corrected chi connectivity index (χ0v) is 13.9. The molecule has 2 amide bonds. The van der Waals surface area contributed by atoms with Crippen molar-refractivity contribution in [1.82, 2.24) is 20.4 Å². The lowest BCUT2D eigenvalue weighted by Gasteiger charge is -2.32. The van der Waals surface area contributed by atoms with Crippen LogP contribution in [0.15, 0.2) is 42.6 Å². The highest BCUT2D eigenvalue weighted by molar-refractivity contribution is 6.30. The standard InChI is InChI=1S/C17H19ClN4O2/c18-14-7-5-13(6-8-14)11-19-17(23)22-10-2-3-15(12-22)24-16-4-1-9-20-21-16/h1,4-9,15H,2-3,10-12H2,(H,19,23)/t15-/m1/s1. The number of amides is 2. The Morgan fingerprint density at radius 2 is 2.17 bits per heavy atom. The number of carbonyl (C=O) groups excluding carboxylic acids is 1. The minimum Gasteiger partial charge on any atom is -0.471 e. The second-order valence-corrected chi connectivity index (χ2v) is 6.11. The first-order valence-electron chi connectivity index (χ1n) is 7.92. The molecule has 1 aliphatic rings. The number of hydrogen-bond acceptors (Lipinski definition) is 4. The predicted octanol–water partition coefficient (Wildman–Crippen LogP) is 2.88. The van der Waals surface area contributed by atoms with Gasteiger partial charge in [0, 0.05) is 30.4 Å². The SMILES string of the molecule is O=C(NCc1ccc(Cl)cc1)N1CCC[C@@H](Oc2cccnn2)C1. The van der Waals surface area contributed by atoms with E-state index in [0.29, 0.717) is 24.0 Å². The number of carbonyl (C=O) groups is 1. The third kappa shape index (κ3) is 4.58. The number of likely N-dealkylation sites (tertiary alicyclic amines) is 1. The Morgan fingerprint density at radius 1 is 1.33 bits per heavy atom. The van der Waals surface area contributed by atoms with Crippen LogP contribution in [-0.4, -0.2) is 40.3 Å². The number of rotatable bonds is 4. The van der Waals surface area contributed by atoms with Gasteiger partial charge in [-0.1, -0.05) is 23.7 Å². The molecule has 0 aliphatic carbocycles. The number of piperidine rings is 1. The largest absolute Gasteiger partial charge is 0.471 e. The molecule has 0 saturated carbocycles. The quantitative estimate of drug-likeness (QED) is 0.924. The van der Waals surface area contributed by atoms with Gasteiger partial charge in [0.15, 0.2) is 0 Å². The molecule has 1 aliphatic heterocycles. The molecule has 24 heavy (non-hydrogen) atoms. The van der Waals surface area contributed by atoms with Crippen molar-refractivity contribution in [2.24, 2.45) is 0 Å². The molecule has 0 radical (unpaired) electrons. The molecule has 0 bridgehead atoms. The third-order valence-corrected chi connectivity index (χ3v) is 4.11. The van der Waals surface area contributed by atoms with E-state index in [1.807, 2.05) is 24.3 Å². The number of nitrogens with one attached hydrogen (secondary N) is 1. The molecule has 1 N–H and O–H groups in total. The molecular formula is C17H19ClN4O2. The van der Waals surface area contributed by atoms with Gasteiger partial charge in [0.2, 0.25) is 5.88 Å². The molecule has 7 heteroatoms. The van der Waals surface area contributed by atoms with Gasteiger partial charge in [-0.25, -0.2) is 4.79 Å². The summed E-state index contributed by atoms with van der Waals surface area (Å²) < 4.78 is 5.80. The zero-order valence-electron chi connectivity index (χ0n) is 13.2. The first kappa shape index (κ1) is 16.5. The van der Waals surface area contributed by atoms with Crippen LogP contribution in [0.2, 0.25) is 5.02 Å². The van der Waals surface area contributed by atoms with Crippen molar-refractivity contribution in [3.8, 4) is 5.88 Å². The summed E-state index contributed by atoms with van der Waals surface area (Å²) in [6.07, 6.45) is 3.35. The lowest BCUT2D eigenvalue weighted by molar-refractivity contribution is 0.0969. The van der Waals surface area contributed by atoms with Crippen molar-refractivity contribution >= 4 is 17.6 Å². The Kier molecular flexibility index (Phi) is 5.48. The van der Waals surface area contributed by atoms with Gasteiger partial charge in [0.05, 0.1) is 6.54 Å². The van der Waals surface area contributed by atoms with E-state index in [9.17, 15) is 4.79 Å². The second kappa shape index (κ2) is 7.97. The van der Waals surface area contributed by atoms with Crippen molar-refractivity contribution in [3.05, 3.63) is 53.2 Å². The maximum atomic E-state index is 12.3. The highest BCUT2D eigenvalue weighted by Gasteiger charge is 2.25. The minimum absolute atomic E-state index is 0.0586. The molecule has 3 rings (SSSR count). The second-order valence-electron chi connectivity index (χ2n) is 5.68. The fourth-order valence-electron chi connectivity index (χ4n) is 2.63. The number of nitrogens with zero attached hydrogens (tertiary/aromatic N) is 3. The maximum Gasteiger partial charge on any atom is 0.317 e. The van der Waals surface area contributed by atoms with E-state index in [4.69, 9.17) is 16.3 Å². The normalized spacial score (nSPS) is 17.4. The summed E-state index contributed by atoms with van der Waals surface area (Å²) >= 11 is 5.86. The van der Waals surface area contributed by atoms with E-state index in [0.717, 1.165) is 24.9 Å². The lowest BCUT2D eigenvalue weighted by Crippen LogP contribution is -2.48. The summed E-state index contributed by atoms with van der Waals surface area (Å²) in [5.41, 5.74) is 1.01. The molecule has 126 valence electrons. The molecule has 6 nitrogen and oxygen atoms in total. The van der Waals surface area contributed by atoms with E-state index in [1.54, 1.807) is 23.2 Å². The molecule has 1 aromatic carbocycles. The van der Waals surface area contributed by atoms with Crippen LogP contribution in [0.3, 0.4) is 0 Å². The number of urea groups is 1. The lowest BCUT2D eigenvalue weighted by atomic mass is 10.1. The summed E-state index contributed by atoms with van der Waals surface area (Å²) in [7, 11) is 0. The van der Waals surface area contributed by atoms with Crippen LogP contribution in [0, 0.1) is 0 Å². The summed E-state index contributed by atoms with van der Waals surface area (Å²) in [4.78, 5) is 14.1. The number of halogens is 1. The van der Waals surface area contributed by atoms with Gasteiger partial charge in [-0.2, -0.15) is 5.10 Å². The van der Waals surface area contributed by atoms with Gasteiger partial charge in [0.25, 0.3) is 0 Å². The fourth-order valence-corrected chi connectivity index (χ4v) is 2.76. The molecule has 2 heterocycles. The van der Waals surface area contributed by atoms with Crippen LogP contribution >= 0.6 is 11.6 Å². The zero-order chi connectivity index (χ0) is 16.8. The van der Waals surface area contributed by atoms with Crippen LogP contribution in [0.4, 0.5) is 4.79 Å². The number of hydrogen-bond donors (Lipinski definition) is 1. The first-order chi connectivity index (χ1) is 11.7. The average molecular weight is 347 g/mol. The van der Waals surface area contributed by atoms with E-state index in [2.05, 4.69) is 15.5 Å².